The Morgan fingerprint density at radius 2 is 2.00 bits per heavy atom. The van der Waals surface area contributed by atoms with Crippen molar-refractivity contribution in [2.24, 2.45) is 11.7 Å². The van der Waals surface area contributed by atoms with Gasteiger partial charge in [-0.25, -0.2) is 0 Å². The molecule has 0 aromatic heterocycles. The Balaban J connectivity index is 3.62. The molecule has 0 spiro atoms. The third-order valence-corrected chi connectivity index (χ3v) is 2.21. The van der Waals surface area contributed by atoms with E-state index in [1.165, 1.54) is 0 Å². The van der Waals surface area contributed by atoms with E-state index < -0.39 is 6.04 Å². The van der Waals surface area contributed by atoms with Crippen LogP contribution in [0.4, 0.5) is 0 Å². The highest BCUT2D eigenvalue weighted by Gasteiger charge is 2.20. The first-order valence-electron chi connectivity index (χ1n) is 5.13. The molecule has 0 amide bonds. The van der Waals surface area contributed by atoms with Gasteiger partial charge in [0.15, 0.2) is 0 Å². The molecule has 2 atom stereocenters. The lowest BCUT2D eigenvalue weighted by Crippen LogP contribution is -2.38. The van der Waals surface area contributed by atoms with Crippen LogP contribution >= 0.6 is 0 Å². The lowest BCUT2D eigenvalue weighted by Gasteiger charge is -2.16. The summed E-state index contributed by atoms with van der Waals surface area (Å²) in [5.74, 6) is -0.173. The highest BCUT2D eigenvalue weighted by Crippen LogP contribution is 2.06. The van der Waals surface area contributed by atoms with E-state index in [-0.39, 0.29) is 18.5 Å². The molecule has 0 bridgehead atoms. The van der Waals surface area contributed by atoms with Crippen LogP contribution in [-0.4, -0.2) is 31.8 Å². The number of esters is 1. The van der Waals surface area contributed by atoms with E-state index in [4.69, 9.17) is 15.2 Å². The Morgan fingerprint density at radius 3 is 2.50 bits per heavy atom. The monoisotopic (exact) mass is 203 g/mol. The number of hydrogen-bond donors (Lipinski definition) is 1. The first-order chi connectivity index (χ1) is 6.63. The third kappa shape index (κ3) is 5.19. The highest BCUT2D eigenvalue weighted by atomic mass is 16.6. The van der Waals surface area contributed by atoms with Crippen LogP contribution in [0.1, 0.15) is 27.2 Å². The average Bonchev–Trinajstić information content (AvgIpc) is 2.21. The minimum Gasteiger partial charge on any atom is -0.462 e. The smallest absolute Gasteiger partial charge is 0.323 e. The summed E-state index contributed by atoms with van der Waals surface area (Å²) < 4.78 is 9.97. The zero-order valence-corrected chi connectivity index (χ0v) is 9.29. The number of ether oxygens (including phenoxy) is 2. The fourth-order valence-electron chi connectivity index (χ4n) is 0.928. The van der Waals surface area contributed by atoms with Crippen LogP contribution in [-0.2, 0) is 14.3 Å². The largest absolute Gasteiger partial charge is 0.462 e. The number of carbonyl (C=O) groups is 1. The second-order valence-electron chi connectivity index (χ2n) is 3.28. The van der Waals surface area contributed by atoms with Gasteiger partial charge in [0.25, 0.3) is 0 Å². The Labute approximate surface area is 85.8 Å². The first kappa shape index (κ1) is 13.4. The molecule has 0 rings (SSSR count). The molecule has 0 fully saturated rings. The van der Waals surface area contributed by atoms with Crippen molar-refractivity contribution < 1.29 is 14.3 Å². The van der Waals surface area contributed by atoms with Gasteiger partial charge >= 0.3 is 5.97 Å². The summed E-state index contributed by atoms with van der Waals surface area (Å²) in [6.07, 6.45) is 0.877. The quantitative estimate of drug-likeness (QED) is 0.494. The molecule has 0 unspecified atom stereocenters. The summed E-state index contributed by atoms with van der Waals surface area (Å²) >= 11 is 0. The Kier molecular flexibility index (Phi) is 7.42. The Morgan fingerprint density at radius 1 is 1.36 bits per heavy atom. The Bertz CT molecular complexity index is 161. The lowest BCUT2D eigenvalue weighted by molar-refractivity contribution is -0.148. The zero-order valence-electron chi connectivity index (χ0n) is 9.29. The minimum atomic E-state index is -0.512. The molecule has 0 aliphatic carbocycles. The average molecular weight is 203 g/mol. The topological polar surface area (TPSA) is 61.5 Å². The van der Waals surface area contributed by atoms with Crippen LogP contribution in [0.3, 0.4) is 0 Å². The van der Waals surface area contributed by atoms with Crippen molar-refractivity contribution in [3.63, 3.8) is 0 Å². The van der Waals surface area contributed by atoms with Crippen LogP contribution in [0.2, 0.25) is 0 Å². The molecule has 0 aromatic carbocycles. The normalized spacial score (nSPS) is 14.9. The molecule has 14 heavy (non-hydrogen) atoms. The molecule has 2 N–H and O–H groups in total. The van der Waals surface area contributed by atoms with E-state index in [0.717, 1.165) is 6.42 Å². The summed E-state index contributed by atoms with van der Waals surface area (Å²) in [5.41, 5.74) is 5.67. The Hall–Kier alpha value is -0.610. The minimum absolute atomic E-state index is 0.162. The maximum Gasteiger partial charge on any atom is 0.323 e. The molecule has 0 aliphatic heterocycles. The van der Waals surface area contributed by atoms with Crippen molar-refractivity contribution in [3.8, 4) is 0 Å². The SMILES string of the molecule is CCOCCOC(=O)[C@@H](N)[C@@H](C)CC. The van der Waals surface area contributed by atoms with Crippen molar-refractivity contribution >= 4 is 5.97 Å². The molecule has 0 aliphatic rings. The number of carbonyl (C=O) groups excluding carboxylic acids is 1. The molecule has 0 aromatic rings. The van der Waals surface area contributed by atoms with Crippen LogP contribution < -0.4 is 5.73 Å². The maximum atomic E-state index is 11.3. The van der Waals surface area contributed by atoms with Gasteiger partial charge in [-0.05, 0) is 12.8 Å². The molecule has 84 valence electrons. The van der Waals surface area contributed by atoms with E-state index >= 15 is 0 Å². The molecule has 0 heterocycles. The van der Waals surface area contributed by atoms with E-state index in [1.54, 1.807) is 0 Å². The third-order valence-electron chi connectivity index (χ3n) is 2.21. The molecule has 0 saturated heterocycles. The van der Waals surface area contributed by atoms with Crippen molar-refractivity contribution in [2.75, 3.05) is 19.8 Å². The zero-order chi connectivity index (χ0) is 11.0. The first-order valence-corrected chi connectivity index (χ1v) is 5.13. The maximum absolute atomic E-state index is 11.3. The predicted molar refractivity (Wildman–Crippen MR) is 54.9 cm³/mol. The number of hydrogen-bond acceptors (Lipinski definition) is 4. The van der Waals surface area contributed by atoms with Gasteiger partial charge in [-0.3, -0.25) is 4.79 Å². The van der Waals surface area contributed by atoms with Gasteiger partial charge in [0.1, 0.15) is 12.6 Å². The summed E-state index contributed by atoms with van der Waals surface area (Å²) in [5, 5.41) is 0. The van der Waals surface area contributed by atoms with Crippen LogP contribution in [0, 0.1) is 5.92 Å². The van der Waals surface area contributed by atoms with E-state index in [0.29, 0.717) is 13.2 Å². The van der Waals surface area contributed by atoms with Gasteiger partial charge in [0.05, 0.1) is 6.61 Å². The fraction of sp³-hybridized carbons (Fsp3) is 0.900. The molecule has 0 saturated carbocycles. The lowest BCUT2D eigenvalue weighted by atomic mass is 10.0. The standard InChI is InChI=1S/C10H21NO3/c1-4-8(3)9(11)10(12)14-7-6-13-5-2/h8-9H,4-7,11H2,1-3H3/t8-,9-/m0/s1. The highest BCUT2D eigenvalue weighted by molar-refractivity contribution is 5.75. The summed E-state index contributed by atoms with van der Waals surface area (Å²) in [4.78, 5) is 11.3. The van der Waals surface area contributed by atoms with E-state index in [1.807, 2.05) is 20.8 Å². The van der Waals surface area contributed by atoms with Crippen molar-refractivity contribution in [3.05, 3.63) is 0 Å². The number of rotatable bonds is 7. The van der Waals surface area contributed by atoms with Gasteiger partial charge in [-0.2, -0.15) is 0 Å². The molecular weight excluding hydrogens is 182 g/mol. The molecule has 0 radical (unpaired) electrons. The van der Waals surface area contributed by atoms with Crippen molar-refractivity contribution in [1.29, 1.82) is 0 Å². The van der Waals surface area contributed by atoms with Gasteiger partial charge < -0.3 is 15.2 Å². The van der Waals surface area contributed by atoms with Gasteiger partial charge in [-0.15, -0.1) is 0 Å². The molecule has 4 nitrogen and oxygen atoms in total. The molecule has 4 heteroatoms. The van der Waals surface area contributed by atoms with Gasteiger partial charge in [-0.1, -0.05) is 20.3 Å². The van der Waals surface area contributed by atoms with E-state index in [2.05, 4.69) is 0 Å². The van der Waals surface area contributed by atoms with Crippen LogP contribution in [0.15, 0.2) is 0 Å². The van der Waals surface area contributed by atoms with Crippen molar-refractivity contribution in [1.82, 2.24) is 0 Å². The summed E-state index contributed by atoms with van der Waals surface area (Å²) in [6, 6.07) is -0.512. The molecular formula is C10H21NO3. The van der Waals surface area contributed by atoms with Crippen molar-refractivity contribution in [2.45, 2.75) is 33.2 Å². The summed E-state index contributed by atoms with van der Waals surface area (Å²) in [6.45, 7) is 7.19. The summed E-state index contributed by atoms with van der Waals surface area (Å²) in [7, 11) is 0. The number of nitrogens with two attached hydrogens (primary N) is 1. The van der Waals surface area contributed by atoms with E-state index in [9.17, 15) is 4.79 Å². The second kappa shape index (κ2) is 7.76. The van der Waals surface area contributed by atoms with Crippen LogP contribution in [0.5, 0.6) is 0 Å². The van der Waals surface area contributed by atoms with Gasteiger partial charge in [0, 0.05) is 6.61 Å². The van der Waals surface area contributed by atoms with Crippen LogP contribution in [0.25, 0.3) is 0 Å². The fourth-order valence-corrected chi connectivity index (χ4v) is 0.928. The second-order valence-corrected chi connectivity index (χ2v) is 3.28. The van der Waals surface area contributed by atoms with Gasteiger partial charge in [0.2, 0.25) is 0 Å². The predicted octanol–water partition coefficient (Wildman–Crippen LogP) is 0.939.